The van der Waals surface area contributed by atoms with E-state index in [1.165, 1.54) is 6.33 Å². The lowest BCUT2D eigenvalue weighted by Gasteiger charge is -2.24. The zero-order valence-corrected chi connectivity index (χ0v) is 10.9. The first-order valence-corrected chi connectivity index (χ1v) is 6.17. The fourth-order valence-electron chi connectivity index (χ4n) is 1.64. The quantitative estimate of drug-likeness (QED) is 0.774. The number of carbonyl (C=O) groups is 1. The molecule has 1 atom stereocenters. The molecule has 5 heteroatoms. The summed E-state index contributed by atoms with van der Waals surface area (Å²) in [7, 11) is 0. The third kappa shape index (κ3) is 3.12. The van der Waals surface area contributed by atoms with Gasteiger partial charge in [0.05, 0.1) is 6.42 Å². The minimum Gasteiger partial charge on any atom is -0.329 e. The van der Waals surface area contributed by atoms with Crippen LogP contribution in [0.1, 0.15) is 39.4 Å². The lowest BCUT2D eigenvalue weighted by molar-refractivity contribution is -0.127. The van der Waals surface area contributed by atoms with E-state index in [0.717, 1.165) is 25.2 Å². The molecule has 0 aliphatic carbocycles. The summed E-state index contributed by atoms with van der Waals surface area (Å²) in [5, 5.41) is 4.11. The summed E-state index contributed by atoms with van der Waals surface area (Å²) in [5.74, 6) is 0.887. The van der Waals surface area contributed by atoms with Gasteiger partial charge >= 0.3 is 0 Å². The normalized spacial score (nSPS) is 14.6. The number of nitrogens with two attached hydrogens (primary N) is 1. The molecule has 1 aromatic rings. The Morgan fingerprint density at radius 3 is 2.76 bits per heavy atom. The molecule has 17 heavy (non-hydrogen) atoms. The molecule has 5 nitrogen and oxygen atoms in total. The van der Waals surface area contributed by atoms with Gasteiger partial charge in [0.1, 0.15) is 17.9 Å². The average molecular weight is 238 g/mol. The molecule has 2 N–H and O–H groups in total. The van der Waals surface area contributed by atoms with Crippen molar-refractivity contribution in [3.63, 3.8) is 0 Å². The maximum Gasteiger partial charge on any atom is 0.147 e. The van der Waals surface area contributed by atoms with E-state index >= 15 is 0 Å². The summed E-state index contributed by atoms with van der Waals surface area (Å²) >= 11 is 0. The molecule has 1 unspecified atom stereocenters. The van der Waals surface area contributed by atoms with E-state index in [2.05, 4.69) is 17.0 Å². The van der Waals surface area contributed by atoms with Crippen molar-refractivity contribution in [2.75, 3.05) is 6.54 Å². The van der Waals surface area contributed by atoms with E-state index in [-0.39, 0.29) is 5.78 Å². The van der Waals surface area contributed by atoms with Crippen LogP contribution >= 0.6 is 0 Å². The van der Waals surface area contributed by atoms with Gasteiger partial charge in [0, 0.05) is 18.5 Å². The van der Waals surface area contributed by atoms with E-state index in [9.17, 15) is 4.79 Å². The van der Waals surface area contributed by atoms with E-state index in [0.29, 0.717) is 13.0 Å². The van der Waals surface area contributed by atoms with E-state index in [4.69, 9.17) is 5.73 Å². The molecule has 0 bridgehead atoms. The van der Waals surface area contributed by atoms with Gasteiger partial charge in [-0.2, -0.15) is 5.10 Å². The molecule has 96 valence electrons. The summed E-state index contributed by atoms with van der Waals surface area (Å²) in [4.78, 5) is 16.3. The minimum absolute atomic E-state index is 0.146. The first-order chi connectivity index (χ1) is 8.07. The van der Waals surface area contributed by atoms with Crippen molar-refractivity contribution in [1.82, 2.24) is 14.8 Å². The monoisotopic (exact) mass is 238 g/mol. The van der Waals surface area contributed by atoms with Crippen LogP contribution in [0.15, 0.2) is 6.33 Å². The molecule has 0 amide bonds. The average Bonchev–Trinajstić information content (AvgIpc) is 2.76. The molecule has 0 aliphatic heterocycles. The lowest BCUT2D eigenvalue weighted by atomic mass is 9.81. The Morgan fingerprint density at radius 2 is 2.24 bits per heavy atom. The number of Topliss-reactive ketones (excluding diaryl/α,β-unsaturated/α-hetero) is 1. The van der Waals surface area contributed by atoms with Crippen LogP contribution in [0.3, 0.4) is 0 Å². The van der Waals surface area contributed by atoms with Crippen LogP contribution in [0, 0.1) is 5.41 Å². The predicted molar refractivity (Wildman–Crippen MR) is 66.5 cm³/mol. The van der Waals surface area contributed by atoms with E-state index in [1.807, 2.05) is 13.8 Å². The second-order valence-electron chi connectivity index (χ2n) is 4.62. The fraction of sp³-hybridized carbons (Fsp3) is 0.750. The van der Waals surface area contributed by atoms with Crippen LogP contribution < -0.4 is 5.73 Å². The largest absolute Gasteiger partial charge is 0.329 e. The molecule has 0 saturated heterocycles. The molecule has 1 aromatic heterocycles. The number of ketones is 1. The van der Waals surface area contributed by atoms with Crippen LogP contribution in [0.2, 0.25) is 0 Å². The molecule has 0 aromatic carbocycles. The lowest BCUT2D eigenvalue weighted by Crippen LogP contribution is -2.36. The van der Waals surface area contributed by atoms with Gasteiger partial charge in [-0.25, -0.2) is 9.67 Å². The highest BCUT2D eigenvalue weighted by atomic mass is 16.1. The summed E-state index contributed by atoms with van der Waals surface area (Å²) in [6.07, 6.45) is 3.56. The Morgan fingerprint density at radius 1 is 1.53 bits per heavy atom. The Labute approximate surface area is 102 Å². The first-order valence-electron chi connectivity index (χ1n) is 6.17. The van der Waals surface area contributed by atoms with Crippen molar-refractivity contribution in [3.8, 4) is 0 Å². The maximum atomic E-state index is 12.2. The van der Waals surface area contributed by atoms with Gasteiger partial charge in [0.15, 0.2) is 0 Å². The minimum atomic E-state index is -0.441. The highest BCUT2D eigenvalue weighted by Gasteiger charge is 2.30. The molecule has 0 spiro atoms. The van der Waals surface area contributed by atoms with Crippen molar-refractivity contribution in [3.05, 3.63) is 12.2 Å². The highest BCUT2D eigenvalue weighted by Crippen LogP contribution is 2.22. The van der Waals surface area contributed by atoms with Gasteiger partial charge in [0.2, 0.25) is 0 Å². The van der Waals surface area contributed by atoms with Crippen molar-refractivity contribution < 1.29 is 4.79 Å². The molecule has 0 radical (unpaired) electrons. The Kier molecular flexibility index (Phi) is 4.81. The second-order valence-corrected chi connectivity index (χ2v) is 4.62. The predicted octanol–water partition coefficient (Wildman–Crippen LogP) is 1.17. The topological polar surface area (TPSA) is 73.8 Å². The Bertz CT molecular complexity index is 368. The second kappa shape index (κ2) is 5.91. The molecular formula is C12H22N4O. The standard InChI is InChI=1S/C12H22N4O/c1-4-6-16-11(14-9-15-16)7-10(17)12(3,5-2)8-13/h9H,4-8,13H2,1-3H3. The van der Waals surface area contributed by atoms with Crippen LogP contribution in [0.25, 0.3) is 0 Å². The van der Waals surface area contributed by atoms with Gasteiger partial charge in [-0.05, 0) is 12.8 Å². The number of rotatable bonds is 7. The highest BCUT2D eigenvalue weighted by molar-refractivity contribution is 5.86. The first kappa shape index (κ1) is 13.8. The zero-order valence-electron chi connectivity index (χ0n) is 10.9. The molecule has 0 fully saturated rings. The van der Waals surface area contributed by atoms with E-state index < -0.39 is 5.41 Å². The van der Waals surface area contributed by atoms with E-state index in [1.54, 1.807) is 4.68 Å². The van der Waals surface area contributed by atoms with Crippen LogP contribution in [0.5, 0.6) is 0 Å². The van der Waals surface area contributed by atoms with Gasteiger partial charge in [-0.15, -0.1) is 0 Å². The third-order valence-electron chi connectivity index (χ3n) is 3.35. The Balaban J connectivity index is 2.77. The third-order valence-corrected chi connectivity index (χ3v) is 3.35. The van der Waals surface area contributed by atoms with Crippen molar-refractivity contribution in [2.45, 2.75) is 46.6 Å². The van der Waals surface area contributed by atoms with Crippen LogP contribution in [-0.2, 0) is 17.8 Å². The van der Waals surface area contributed by atoms with Crippen LogP contribution in [0.4, 0.5) is 0 Å². The van der Waals surface area contributed by atoms with Crippen LogP contribution in [-0.4, -0.2) is 27.1 Å². The van der Waals surface area contributed by atoms with Crippen molar-refractivity contribution >= 4 is 5.78 Å². The summed E-state index contributed by atoms with van der Waals surface area (Å²) < 4.78 is 1.80. The van der Waals surface area contributed by atoms with Gasteiger partial charge in [-0.1, -0.05) is 20.8 Å². The molecule has 0 aliphatic rings. The number of aromatic nitrogens is 3. The molecule has 1 heterocycles. The van der Waals surface area contributed by atoms with Gasteiger partial charge in [0.25, 0.3) is 0 Å². The SMILES string of the molecule is CCCn1ncnc1CC(=O)C(C)(CC)CN. The molecule has 0 saturated carbocycles. The summed E-state index contributed by atoms with van der Waals surface area (Å²) in [6, 6.07) is 0. The Hall–Kier alpha value is -1.23. The van der Waals surface area contributed by atoms with Gasteiger partial charge < -0.3 is 5.73 Å². The number of carbonyl (C=O) groups excluding carboxylic acids is 1. The number of nitrogens with zero attached hydrogens (tertiary/aromatic N) is 3. The smallest absolute Gasteiger partial charge is 0.147 e. The number of aryl methyl sites for hydroxylation is 1. The van der Waals surface area contributed by atoms with Crippen molar-refractivity contribution in [1.29, 1.82) is 0 Å². The molecule has 1 rings (SSSR count). The zero-order chi connectivity index (χ0) is 12.9. The molecular weight excluding hydrogens is 216 g/mol. The maximum absolute atomic E-state index is 12.2. The van der Waals surface area contributed by atoms with Crippen molar-refractivity contribution in [2.24, 2.45) is 11.1 Å². The van der Waals surface area contributed by atoms with Gasteiger partial charge in [-0.3, -0.25) is 4.79 Å². The number of hydrogen-bond acceptors (Lipinski definition) is 4. The fourth-order valence-corrected chi connectivity index (χ4v) is 1.64. The number of hydrogen-bond donors (Lipinski definition) is 1. The summed E-state index contributed by atoms with van der Waals surface area (Å²) in [6.45, 7) is 7.15. The summed E-state index contributed by atoms with van der Waals surface area (Å²) in [5.41, 5.74) is 5.24.